The average Bonchev–Trinajstić information content (AvgIpc) is 3.12. The van der Waals surface area contributed by atoms with E-state index < -0.39 is 0 Å². The zero-order valence-corrected chi connectivity index (χ0v) is 13.6. The predicted octanol–water partition coefficient (Wildman–Crippen LogP) is 2.72. The molecule has 1 atom stereocenters. The van der Waals surface area contributed by atoms with Crippen molar-refractivity contribution < 1.29 is 9.18 Å². The number of carbonyl (C=O) groups excluding carboxylic acids is 1. The maximum absolute atomic E-state index is 13.2. The van der Waals surface area contributed by atoms with E-state index in [2.05, 4.69) is 15.2 Å². The lowest BCUT2D eigenvalue weighted by atomic mass is 10.1. The smallest absolute Gasteiger partial charge is 0.224 e. The molecule has 1 N–H and O–H groups in total. The summed E-state index contributed by atoms with van der Waals surface area (Å²) in [7, 11) is 0. The van der Waals surface area contributed by atoms with Crippen LogP contribution in [0.5, 0.6) is 0 Å². The fourth-order valence-corrected chi connectivity index (χ4v) is 3.16. The monoisotopic (exact) mass is 327 g/mol. The van der Waals surface area contributed by atoms with Gasteiger partial charge in [0, 0.05) is 18.9 Å². The molecule has 0 bridgehead atoms. The standard InChI is InChI=1S/C19H22FN3O/c20-17-7-5-16(6-8-17)18(23-10-1-2-11-23)14-22-19(24)12-15-4-3-9-21-13-15/h3-9,13,18H,1-2,10-12,14H2,(H,22,24)/t18-/m0/s1. The molecule has 0 unspecified atom stereocenters. The van der Waals surface area contributed by atoms with Crippen molar-refractivity contribution in [3.8, 4) is 0 Å². The van der Waals surface area contributed by atoms with E-state index in [1.54, 1.807) is 12.4 Å². The molecule has 24 heavy (non-hydrogen) atoms. The van der Waals surface area contributed by atoms with Gasteiger partial charge in [0.2, 0.25) is 5.91 Å². The Morgan fingerprint density at radius 1 is 1.21 bits per heavy atom. The van der Waals surface area contributed by atoms with E-state index in [0.29, 0.717) is 13.0 Å². The summed E-state index contributed by atoms with van der Waals surface area (Å²) < 4.78 is 13.2. The molecule has 1 fully saturated rings. The number of pyridine rings is 1. The van der Waals surface area contributed by atoms with Gasteiger partial charge in [0.05, 0.1) is 12.5 Å². The lowest BCUT2D eigenvalue weighted by Gasteiger charge is -2.28. The number of likely N-dealkylation sites (tertiary alicyclic amines) is 1. The van der Waals surface area contributed by atoms with Crippen LogP contribution in [0.25, 0.3) is 0 Å². The minimum absolute atomic E-state index is 0.0192. The molecule has 1 aliphatic rings. The topological polar surface area (TPSA) is 45.2 Å². The van der Waals surface area contributed by atoms with E-state index in [1.165, 1.54) is 25.0 Å². The zero-order chi connectivity index (χ0) is 16.8. The van der Waals surface area contributed by atoms with Crippen LogP contribution in [0.1, 0.15) is 30.0 Å². The van der Waals surface area contributed by atoms with E-state index in [0.717, 1.165) is 24.2 Å². The van der Waals surface area contributed by atoms with Crippen LogP contribution < -0.4 is 5.32 Å². The van der Waals surface area contributed by atoms with E-state index in [-0.39, 0.29) is 17.8 Å². The maximum atomic E-state index is 13.2. The normalized spacial score (nSPS) is 16.0. The van der Waals surface area contributed by atoms with Crippen LogP contribution in [-0.4, -0.2) is 35.4 Å². The van der Waals surface area contributed by atoms with Gasteiger partial charge in [0.15, 0.2) is 0 Å². The number of carbonyl (C=O) groups is 1. The van der Waals surface area contributed by atoms with Gasteiger partial charge in [-0.25, -0.2) is 4.39 Å². The number of nitrogens with zero attached hydrogens (tertiary/aromatic N) is 2. The second-order valence-corrected chi connectivity index (χ2v) is 6.15. The Kier molecular flexibility index (Phi) is 5.54. The molecule has 5 heteroatoms. The van der Waals surface area contributed by atoms with Crippen LogP contribution in [-0.2, 0) is 11.2 Å². The first kappa shape index (κ1) is 16.6. The lowest BCUT2D eigenvalue weighted by Crippen LogP contribution is -2.37. The highest BCUT2D eigenvalue weighted by atomic mass is 19.1. The minimum Gasteiger partial charge on any atom is -0.354 e. The predicted molar refractivity (Wildman–Crippen MR) is 90.9 cm³/mol. The van der Waals surface area contributed by atoms with Crippen LogP contribution in [0.4, 0.5) is 4.39 Å². The second-order valence-electron chi connectivity index (χ2n) is 6.15. The molecule has 0 aliphatic carbocycles. The van der Waals surface area contributed by atoms with Crippen molar-refractivity contribution in [3.63, 3.8) is 0 Å². The Labute approximate surface area is 141 Å². The first-order valence-electron chi connectivity index (χ1n) is 8.37. The molecular formula is C19H22FN3O. The Morgan fingerprint density at radius 3 is 2.62 bits per heavy atom. The third-order valence-corrected chi connectivity index (χ3v) is 4.42. The van der Waals surface area contributed by atoms with Gasteiger partial charge in [-0.1, -0.05) is 18.2 Å². The lowest BCUT2D eigenvalue weighted by molar-refractivity contribution is -0.120. The molecule has 2 aromatic rings. The van der Waals surface area contributed by atoms with Crippen LogP contribution in [0.15, 0.2) is 48.8 Å². The summed E-state index contributed by atoms with van der Waals surface area (Å²) in [6.07, 6.45) is 6.06. The third kappa shape index (κ3) is 4.38. The summed E-state index contributed by atoms with van der Waals surface area (Å²) in [5, 5.41) is 3.02. The van der Waals surface area contributed by atoms with Crippen molar-refractivity contribution in [3.05, 3.63) is 65.7 Å². The summed E-state index contributed by atoms with van der Waals surface area (Å²) in [6.45, 7) is 2.56. The third-order valence-electron chi connectivity index (χ3n) is 4.42. The molecule has 1 aliphatic heterocycles. The van der Waals surface area contributed by atoms with E-state index in [9.17, 15) is 9.18 Å². The van der Waals surface area contributed by atoms with Gasteiger partial charge in [-0.15, -0.1) is 0 Å². The molecule has 1 amide bonds. The molecule has 0 radical (unpaired) electrons. The molecule has 1 aromatic carbocycles. The molecule has 2 heterocycles. The number of halogens is 1. The molecule has 126 valence electrons. The van der Waals surface area contributed by atoms with Gasteiger partial charge in [-0.3, -0.25) is 14.7 Å². The largest absolute Gasteiger partial charge is 0.354 e. The molecular weight excluding hydrogens is 305 g/mol. The van der Waals surface area contributed by atoms with Gasteiger partial charge in [0.25, 0.3) is 0 Å². The Balaban J connectivity index is 1.63. The Hall–Kier alpha value is -2.27. The molecule has 1 aromatic heterocycles. The van der Waals surface area contributed by atoms with Crippen LogP contribution >= 0.6 is 0 Å². The van der Waals surface area contributed by atoms with Crippen molar-refractivity contribution in [2.24, 2.45) is 0 Å². The highest BCUT2D eigenvalue weighted by Gasteiger charge is 2.24. The first-order chi connectivity index (χ1) is 11.7. The van der Waals surface area contributed by atoms with Crippen LogP contribution in [0.3, 0.4) is 0 Å². The first-order valence-corrected chi connectivity index (χ1v) is 8.37. The van der Waals surface area contributed by atoms with E-state index in [1.807, 2.05) is 24.3 Å². The van der Waals surface area contributed by atoms with Gasteiger partial charge >= 0.3 is 0 Å². The van der Waals surface area contributed by atoms with Crippen molar-refractivity contribution in [1.29, 1.82) is 0 Å². The number of benzene rings is 1. The Bertz CT molecular complexity index is 654. The van der Waals surface area contributed by atoms with Crippen molar-refractivity contribution in [2.45, 2.75) is 25.3 Å². The Morgan fingerprint density at radius 2 is 1.96 bits per heavy atom. The van der Waals surface area contributed by atoms with Crippen LogP contribution in [0.2, 0.25) is 0 Å². The van der Waals surface area contributed by atoms with E-state index in [4.69, 9.17) is 0 Å². The minimum atomic E-state index is -0.237. The zero-order valence-electron chi connectivity index (χ0n) is 13.6. The average molecular weight is 327 g/mol. The summed E-state index contributed by atoms with van der Waals surface area (Å²) in [5.74, 6) is -0.256. The maximum Gasteiger partial charge on any atom is 0.224 e. The summed E-state index contributed by atoms with van der Waals surface area (Å²) >= 11 is 0. The second kappa shape index (κ2) is 8.02. The van der Waals surface area contributed by atoms with Gasteiger partial charge in [0.1, 0.15) is 5.82 Å². The number of amides is 1. The molecule has 0 spiro atoms. The van der Waals surface area contributed by atoms with Gasteiger partial charge < -0.3 is 5.32 Å². The van der Waals surface area contributed by atoms with Gasteiger partial charge in [-0.2, -0.15) is 0 Å². The highest BCUT2D eigenvalue weighted by Crippen LogP contribution is 2.24. The number of rotatable bonds is 6. The summed E-state index contributed by atoms with van der Waals surface area (Å²) in [4.78, 5) is 18.6. The summed E-state index contributed by atoms with van der Waals surface area (Å²) in [6, 6.07) is 10.4. The number of nitrogens with one attached hydrogen (secondary N) is 1. The van der Waals surface area contributed by atoms with Crippen molar-refractivity contribution in [2.75, 3.05) is 19.6 Å². The summed E-state index contributed by atoms with van der Waals surface area (Å²) in [5.41, 5.74) is 1.94. The molecule has 4 nitrogen and oxygen atoms in total. The van der Waals surface area contributed by atoms with Crippen molar-refractivity contribution >= 4 is 5.91 Å². The number of aromatic nitrogens is 1. The van der Waals surface area contributed by atoms with E-state index >= 15 is 0 Å². The molecule has 1 saturated heterocycles. The highest BCUT2D eigenvalue weighted by molar-refractivity contribution is 5.78. The van der Waals surface area contributed by atoms with Gasteiger partial charge in [-0.05, 0) is 55.3 Å². The van der Waals surface area contributed by atoms with Crippen molar-refractivity contribution in [1.82, 2.24) is 15.2 Å². The van der Waals surface area contributed by atoms with Crippen LogP contribution in [0, 0.1) is 5.82 Å². The molecule has 0 saturated carbocycles. The SMILES string of the molecule is O=C(Cc1cccnc1)NC[C@@H](c1ccc(F)cc1)N1CCCC1. The number of hydrogen-bond acceptors (Lipinski definition) is 3. The fourth-order valence-electron chi connectivity index (χ4n) is 3.16. The molecule has 3 rings (SSSR count). The quantitative estimate of drug-likeness (QED) is 0.887. The number of hydrogen-bond donors (Lipinski definition) is 1. The fraction of sp³-hybridized carbons (Fsp3) is 0.368.